The summed E-state index contributed by atoms with van der Waals surface area (Å²) < 4.78 is 21.1. The van der Waals surface area contributed by atoms with Gasteiger partial charge in [0.25, 0.3) is 0 Å². The van der Waals surface area contributed by atoms with Gasteiger partial charge in [-0.25, -0.2) is 9.18 Å². The van der Waals surface area contributed by atoms with Gasteiger partial charge in [0.2, 0.25) is 11.8 Å². The monoisotopic (exact) mass is 595 g/mol. The summed E-state index contributed by atoms with van der Waals surface area (Å²) in [5, 5.41) is 22.9. The van der Waals surface area contributed by atoms with Crippen molar-refractivity contribution >= 4 is 46.8 Å². The number of benzene rings is 2. The average Bonchev–Trinajstić information content (AvgIpc) is 3.33. The van der Waals surface area contributed by atoms with E-state index in [4.69, 9.17) is 33.7 Å². The smallest absolute Gasteiger partial charge is 0.410 e. The minimum absolute atomic E-state index is 0.00822. The Bertz CT molecular complexity index is 1320. The molecule has 1 fully saturated rings. The minimum atomic E-state index is -1.47. The van der Waals surface area contributed by atoms with Crippen LogP contribution < -0.4 is 11.1 Å². The van der Waals surface area contributed by atoms with Crippen molar-refractivity contribution in [2.75, 3.05) is 25.1 Å². The third-order valence-corrected chi connectivity index (χ3v) is 8.32. The molecule has 2 aliphatic heterocycles. The Hall–Kier alpha value is -2.92. The van der Waals surface area contributed by atoms with Crippen LogP contribution in [-0.2, 0) is 19.7 Å². The van der Waals surface area contributed by atoms with Crippen LogP contribution in [0.2, 0.25) is 10.0 Å². The fourth-order valence-electron chi connectivity index (χ4n) is 6.12. The SMILES string of the molecule is CC(C)(CCO)C[C@@H]1CN(C(=O)OC[C@@H](O)CC(N)=O)[C@H](c2cccc(Cl)c2F)C12C(=O)Nc1cc(Cl)ccc12. The minimum Gasteiger partial charge on any atom is -0.447 e. The highest BCUT2D eigenvalue weighted by atomic mass is 35.5. The molecule has 9 nitrogen and oxygen atoms in total. The molecule has 0 aliphatic carbocycles. The van der Waals surface area contributed by atoms with E-state index in [1.54, 1.807) is 18.2 Å². The number of carbonyl (C=O) groups excluding carboxylic acids is 3. The number of halogens is 3. The summed E-state index contributed by atoms with van der Waals surface area (Å²) >= 11 is 12.4. The van der Waals surface area contributed by atoms with E-state index in [-0.39, 0.29) is 23.7 Å². The number of primary amides is 1. The third kappa shape index (κ3) is 5.50. The summed E-state index contributed by atoms with van der Waals surface area (Å²) in [5.41, 5.74) is 4.20. The van der Waals surface area contributed by atoms with E-state index < -0.39 is 65.6 Å². The zero-order chi connectivity index (χ0) is 29.4. The Morgan fingerprint density at radius 1 is 1.30 bits per heavy atom. The summed E-state index contributed by atoms with van der Waals surface area (Å²) in [6, 6.07) is 8.12. The first-order chi connectivity index (χ1) is 18.8. The number of aliphatic hydroxyl groups is 2. The van der Waals surface area contributed by atoms with Gasteiger partial charge in [-0.1, -0.05) is 55.2 Å². The number of aliphatic hydroxyl groups excluding tert-OH is 2. The predicted octanol–water partition coefficient (Wildman–Crippen LogP) is 4.17. The van der Waals surface area contributed by atoms with Gasteiger partial charge in [-0.15, -0.1) is 0 Å². The lowest BCUT2D eigenvalue weighted by Gasteiger charge is -2.38. The number of nitrogens with two attached hydrogens (primary N) is 1. The van der Waals surface area contributed by atoms with Crippen molar-refractivity contribution in [2.45, 2.75) is 50.7 Å². The number of likely N-dealkylation sites (tertiary alicyclic amines) is 1. The van der Waals surface area contributed by atoms with E-state index in [1.165, 1.54) is 23.1 Å². The van der Waals surface area contributed by atoms with Crippen LogP contribution in [0.25, 0.3) is 0 Å². The van der Waals surface area contributed by atoms with Crippen LogP contribution in [0, 0.1) is 17.2 Å². The highest BCUT2D eigenvalue weighted by molar-refractivity contribution is 6.31. The van der Waals surface area contributed by atoms with Crippen LogP contribution in [0.1, 0.15) is 50.3 Å². The maximum absolute atomic E-state index is 15.7. The Morgan fingerprint density at radius 2 is 2.02 bits per heavy atom. The highest BCUT2D eigenvalue weighted by Crippen LogP contribution is 2.60. The van der Waals surface area contributed by atoms with Crippen molar-refractivity contribution in [3.8, 4) is 0 Å². The molecule has 12 heteroatoms. The number of nitrogens with zero attached hydrogens (tertiary/aromatic N) is 1. The summed E-state index contributed by atoms with van der Waals surface area (Å²) in [4.78, 5) is 40.2. The molecular formula is C28H32Cl2FN3O6. The van der Waals surface area contributed by atoms with Crippen LogP contribution >= 0.6 is 23.2 Å². The van der Waals surface area contributed by atoms with Crippen molar-refractivity contribution in [3.63, 3.8) is 0 Å². The fraction of sp³-hybridized carbons (Fsp3) is 0.464. The summed E-state index contributed by atoms with van der Waals surface area (Å²) in [7, 11) is 0. The molecule has 0 saturated carbocycles. The van der Waals surface area contributed by atoms with E-state index in [0.29, 0.717) is 29.1 Å². The van der Waals surface area contributed by atoms with Crippen LogP contribution in [-0.4, -0.2) is 58.9 Å². The van der Waals surface area contributed by atoms with Crippen molar-refractivity contribution in [3.05, 3.63) is 63.4 Å². The van der Waals surface area contributed by atoms with Gasteiger partial charge in [0.1, 0.15) is 17.8 Å². The van der Waals surface area contributed by atoms with Crippen molar-refractivity contribution in [2.24, 2.45) is 17.1 Å². The molecule has 5 N–H and O–H groups in total. The standard InChI is InChI=1S/C28H32Cl2FN3O6/c1-27(2,8-9-35)12-15-13-34(26(39)40-14-17(36)11-22(32)37)24(18-4-3-5-20(30)23(18)31)28(15)19-7-6-16(29)10-21(19)33-25(28)38/h3-7,10,15,17,24,35-36H,8-9,11-14H2,1-2H3,(H2,32,37)(H,33,38)/t15-,17+,24-,28?/m1/s1. The van der Waals surface area contributed by atoms with Crippen molar-refractivity contribution in [1.82, 2.24) is 4.90 Å². The molecule has 1 unspecified atom stereocenters. The lowest BCUT2D eigenvalue weighted by molar-refractivity contribution is -0.123. The van der Waals surface area contributed by atoms with Crippen LogP contribution in [0.15, 0.2) is 36.4 Å². The van der Waals surface area contributed by atoms with Gasteiger partial charge in [-0.05, 0) is 47.9 Å². The number of hydrogen-bond donors (Lipinski definition) is 4. The lowest BCUT2D eigenvalue weighted by atomic mass is 9.63. The first kappa shape index (κ1) is 30.0. The van der Waals surface area contributed by atoms with Gasteiger partial charge < -0.3 is 26.0 Å². The fourth-order valence-corrected chi connectivity index (χ4v) is 6.48. The van der Waals surface area contributed by atoms with Crippen LogP contribution in [0.5, 0.6) is 0 Å². The van der Waals surface area contributed by atoms with E-state index in [0.717, 1.165) is 0 Å². The molecular weight excluding hydrogens is 564 g/mol. The second-order valence-corrected chi connectivity index (χ2v) is 12.0. The number of anilines is 1. The second kappa shape index (κ2) is 11.5. The molecule has 0 bridgehead atoms. The van der Waals surface area contributed by atoms with Crippen molar-refractivity contribution < 1.29 is 33.7 Å². The molecule has 2 aromatic rings. The van der Waals surface area contributed by atoms with Gasteiger partial charge in [0.15, 0.2) is 0 Å². The molecule has 0 aromatic heterocycles. The molecule has 0 radical (unpaired) electrons. The molecule has 216 valence electrons. The molecule has 40 heavy (non-hydrogen) atoms. The van der Waals surface area contributed by atoms with Crippen molar-refractivity contribution in [1.29, 1.82) is 0 Å². The van der Waals surface area contributed by atoms with Gasteiger partial charge >= 0.3 is 6.09 Å². The molecule has 2 aromatic carbocycles. The van der Waals surface area contributed by atoms with E-state index in [2.05, 4.69) is 5.32 Å². The van der Waals surface area contributed by atoms with E-state index >= 15 is 4.39 Å². The molecule has 4 rings (SSSR count). The predicted molar refractivity (Wildman–Crippen MR) is 147 cm³/mol. The number of hydrogen-bond acceptors (Lipinski definition) is 6. The molecule has 2 heterocycles. The molecule has 1 spiro atoms. The van der Waals surface area contributed by atoms with Gasteiger partial charge in [-0.3, -0.25) is 14.5 Å². The highest BCUT2D eigenvalue weighted by Gasteiger charge is 2.65. The van der Waals surface area contributed by atoms with Gasteiger partial charge in [0, 0.05) is 29.4 Å². The topological polar surface area (TPSA) is 142 Å². The number of carbonyl (C=O) groups is 3. The van der Waals surface area contributed by atoms with Crippen LogP contribution in [0.4, 0.5) is 14.9 Å². The van der Waals surface area contributed by atoms with Crippen LogP contribution in [0.3, 0.4) is 0 Å². The third-order valence-electron chi connectivity index (χ3n) is 7.79. The van der Waals surface area contributed by atoms with E-state index in [1.807, 2.05) is 13.8 Å². The average molecular weight is 596 g/mol. The number of rotatable bonds is 9. The van der Waals surface area contributed by atoms with Gasteiger partial charge in [-0.2, -0.15) is 0 Å². The largest absolute Gasteiger partial charge is 0.447 e. The Morgan fingerprint density at radius 3 is 2.70 bits per heavy atom. The number of fused-ring (bicyclic) bond motifs is 2. The molecule has 4 atom stereocenters. The molecule has 3 amide bonds. The summed E-state index contributed by atoms with van der Waals surface area (Å²) in [5.74, 6) is -2.55. The zero-order valence-corrected chi connectivity index (χ0v) is 23.6. The quantitative estimate of drug-likeness (QED) is 0.343. The summed E-state index contributed by atoms with van der Waals surface area (Å²) in [6.45, 7) is 3.27. The second-order valence-electron chi connectivity index (χ2n) is 11.2. The summed E-state index contributed by atoms with van der Waals surface area (Å²) in [6.07, 6.45) is -1.86. The first-order valence-electron chi connectivity index (χ1n) is 12.9. The Kier molecular flexibility index (Phi) is 8.65. The number of ether oxygens (including phenoxy) is 1. The number of amides is 3. The zero-order valence-electron chi connectivity index (χ0n) is 22.1. The normalized spacial score (nSPS) is 22.8. The lowest BCUT2D eigenvalue weighted by Crippen LogP contribution is -2.46. The maximum atomic E-state index is 15.7. The van der Waals surface area contributed by atoms with E-state index in [9.17, 15) is 24.6 Å². The Labute approximate surface area is 241 Å². The first-order valence-corrected chi connectivity index (χ1v) is 13.6. The maximum Gasteiger partial charge on any atom is 0.410 e. The Balaban J connectivity index is 1.89. The van der Waals surface area contributed by atoms with Gasteiger partial charge in [0.05, 0.1) is 23.6 Å². The molecule has 1 saturated heterocycles. The molecule has 2 aliphatic rings. The number of nitrogens with one attached hydrogen (secondary N) is 1.